The summed E-state index contributed by atoms with van der Waals surface area (Å²) in [4.78, 5) is 0. The number of hydrogen-bond donors (Lipinski definition) is 1. The molecule has 84 valence electrons. The number of halogens is 1. The molecule has 0 aromatic carbocycles. The van der Waals surface area contributed by atoms with Crippen LogP contribution in [0.1, 0.15) is 6.92 Å². The van der Waals surface area contributed by atoms with Crippen molar-refractivity contribution in [2.24, 2.45) is 5.73 Å². The molecule has 15 heavy (non-hydrogen) atoms. The van der Waals surface area contributed by atoms with Crippen LogP contribution in [0.2, 0.25) is 0 Å². The van der Waals surface area contributed by atoms with Gasteiger partial charge in [-0.3, -0.25) is 0 Å². The molecule has 0 saturated heterocycles. The number of ether oxygens (including phenoxy) is 2. The lowest BCUT2D eigenvalue weighted by Crippen LogP contribution is -2.15. The number of nitrogens with two attached hydrogens (primary N) is 1. The van der Waals surface area contributed by atoms with Crippen molar-refractivity contribution in [1.29, 1.82) is 0 Å². The molecule has 3 nitrogen and oxygen atoms in total. The molecule has 0 fully saturated rings. The maximum Gasteiger partial charge on any atom is 0.130 e. The van der Waals surface area contributed by atoms with E-state index in [2.05, 4.69) is 22.0 Å². The molecule has 2 aliphatic rings. The minimum Gasteiger partial charge on any atom is -0.496 e. The summed E-state index contributed by atoms with van der Waals surface area (Å²) in [6, 6.07) is 4.26. The lowest BCUT2D eigenvalue weighted by molar-refractivity contribution is 0.404. The molecule has 2 aliphatic carbocycles. The van der Waals surface area contributed by atoms with E-state index < -0.39 is 0 Å². The molecule has 4 heteroatoms. The SMILES string of the molecule is CC(N)CBr.COc1cc(OC)c2cc1-2. The van der Waals surface area contributed by atoms with Crippen LogP contribution >= 0.6 is 15.9 Å². The zero-order valence-corrected chi connectivity index (χ0v) is 10.8. The Balaban J connectivity index is 0.000000195. The fourth-order valence-corrected chi connectivity index (χ4v) is 1.13. The zero-order valence-electron chi connectivity index (χ0n) is 9.21. The molecular weight excluding hydrogens is 258 g/mol. The monoisotopic (exact) mass is 273 g/mol. The molecule has 0 spiro atoms. The van der Waals surface area contributed by atoms with Gasteiger partial charge >= 0.3 is 0 Å². The summed E-state index contributed by atoms with van der Waals surface area (Å²) < 4.78 is 10.1. The van der Waals surface area contributed by atoms with Crippen LogP contribution in [0.4, 0.5) is 0 Å². The van der Waals surface area contributed by atoms with E-state index >= 15 is 0 Å². The number of benzene rings is 1. The predicted octanol–water partition coefficient (Wildman–Crippen LogP) is 2.41. The average molecular weight is 274 g/mol. The highest BCUT2D eigenvalue weighted by molar-refractivity contribution is 9.09. The molecule has 1 unspecified atom stereocenters. The Kier molecular flexibility index (Phi) is 4.42. The Hall–Kier alpha value is -0.740. The Bertz CT molecular complexity index is 314. The Morgan fingerprint density at radius 3 is 1.80 bits per heavy atom. The molecule has 2 N–H and O–H groups in total. The van der Waals surface area contributed by atoms with E-state index in [0.29, 0.717) is 6.04 Å². The third-order valence-electron chi connectivity index (χ3n) is 1.97. The Labute approximate surface area is 98.7 Å². The molecular formula is C11H16BrNO2. The first-order chi connectivity index (χ1) is 7.13. The van der Waals surface area contributed by atoms with Crippen LogP contribution in [0.15, 0.2) is 12.1 Å². The Morgan fingerprint density at radius 1 is 1.20 bits per heavy atom. The molecule has 0 amide bonds. The van der Waals surface area contributed by atoms with Gasteiger partial charge in [-0.15, -0.1) is 0 Å². The summed E-state index contributed by atoms with van der Waals surface area (Å²) >= 11 is 3.19. The van der Waals surface area contributed by atoms with Crippen LogP contribution in [0, 0.1) is 0 Å². The van der Waals surface area contributed by atoms with Crippen molar-refractivity contribution in [3.8, 4) is 22.6 Å². The number of methoxy groups -OCH3 is 2. The van der Waals surface area contributed by atoms with Crippen LogP contribution in [0.25, 0.3) is 11.1 Å². The second-order valence-corrected chi connectivity index (χ2v) is 4.03. The van der Waals surface area contributed by atoms with Crippen molar-refractivity contribution < 1.29 is 9.47 Å². The maximum atomic E-state index is 5.24. The summed E-state index contributed by atoms with van der Waals surface area (Å²) in [5.74, 6) is 1.85. The van der Waals surface area contributed by atoms with Gasteiger partial charge in [-0.05, 0) is 13.0 Å². The highest BCUT2D eigenvalue weighted by Crippen LogP contribution is 2.51. The van der Waals surface area contributed by atoms with Crippen LogP contribution in [0.5, 0.6) is 11.5 Å². The molecule has 2 rings (SSSR count). The summed E-state index contributed by atoms with van der Waals surface area (Å²) in [6.07, 6.45) is 0. The smallest absolute Gasteiger partial charge is 0.130 e. The largest absolute Gasteiger partial charge is 0.496 e. The van der Waals surface area contributed by atoms with Crippen molar-refractivity contribution in [2.45, 2.75) is 13.0 Å². The molecule has 0 aromatic rings. The lowest BCUT2D eigenvalue weighted by atomic mass is 10.4. The summed E-state index contributed by atoms with van der Waals surface area (Å²) in [5.41, 5.74) is 7.63. The first-order valence-corrected chi connectivity index (χ1v) is 5.84. The van der Waals surface area contributed by atoms with E-state index in [1.807, 2.05) is 13.0 Å². The van der Waals surface area contributed by atoms with Crippen LogP contribution in [0.3, 0.4) is 0 Å². The third kappa shape index (κ3) is 3.11. The van der Waals surface area contributed by atoms with Gasteiger partial charge in [0, 0.05) is 28.6 Å². The number of alkyl halides is 1. The summed E-state index contributed by atoms with van der Waals surface area (Å²) in [7, 11) is 3.34. The minimum atomic E-state index is 0.301. The van der Waals surface area contributed by atoms with Crippen molar-refractivity contribution >= 4 is 15.9 Å². The van der Waals surface area contributed by atoms with Crippen molar-refractivity contribution in [3.05, 3.63) is 12.1 Å². The van der Waals surface area contributed by atoms with E-state index in [1.54, 1.807) is 14.2 Å². The first kappa shape index (κ1) is 12.3. The van der Waals surface area contributed by atoms with Crippen molar-refractivity contribution in [3.63, 3.8) is 0 Å². The standard InChI is InChI=1S/C8H8O2.C3H8BrN/c1-9-7-4-8(10-2)6-3-5(6)7;1-3(5)2-4/h3-4H,1-2H3;3H,2,5H2,1H3. The van der Waals surface area contributed by atoms with Gasteiger partial charge in [0.2, 0.25) is 0 Å². The molecule has 0 aliphatic heterocycles. The van der Waals surface area contributed by atoms with Gasteiger partial charge in [-0.1, -0.05) is 15.9 Å². The fraction of sp³-hybridized carbons (Fsp3) is 0.455. The van der Waals surface area contributed by atoms with Gasteiger partial charge in [0.15, 0.2) is 0 Å². The molecule has 0 heterocycles. The lowest BCUT2D eigenvalue weighted by Gasteiger charge is -1.92. The average Bonchev–Trinajstić information content (AvgIpc) is 2.95. The van der Waals surface area contributed by atoms with Crippen molar-refractivity contribution in [1.82, 2.24) is 0 Å². The van der Waals surface area contributed by atoms with Gasteiger partial charge in [0.05, 0.1) is 14.2 Å². The topological polar surface area (TPSA) is 44.5 Å². The predicted molar refractivity (Wildman–Crippen MR) is 66.0 cm³/mol. The van der Waals surface area contributed by atoms with Crippen LogP contribution in [-0.4, -0.2) is 25.6 Å². The highest BCUT2D eigenvalue weighted by atomic mass is 79.9. The fourth-order valence-electron chi connectivity index (χ4n) is 1.13. The number of fused-ring (bicyclic) bond motifs is 1. The quantitative estimate of drug-likeness (QED) is 0.874. The second-order valence-electron chi connectivity index (χ2n) is 3.38. The third-order valence-corrected chi connectivity index (χ3v) is 2.99. The first-order valence-electron chi connectivity index (χ1n) is 4.72. The molecule has 0 aromatic heterocycles. The molecule has 0 bridgehead atoms. The van der Waals surface area contributed by atoms with Crippen LogP contribution in [-0.2, 0) is 0 Å². The van der Waals surface area contributed by atoms with E-state index in [-0.39, 0.29) is 0 Å². The normalized spacial score (nSPS) is 12.3. The molecule has 0 radical (unpaired) electrons. The van der Waals surface area contributed by atoms with E-state index in [1.165, 1.54) is 11.1 Å². The van der Waals surface area contributed by atoms with Gasteiger partial charge < -0.3 is 15.2 Å². The number of hydrogen-bond acceptors (Lipinski definition) is 3. The van der Waals surface area contributed by atoms with E-state index in [4.69, 9.17) is 15.2 Å². The zero-order chi connectivity index (χ0) is 11.4. The maximum absolute atomic E-state index is 5.24. The Morgan fingerprint density at radius 2 is 1.60 bits per heavy atom. The van der Waals surface area contributed by atoms with Gasteiger partial charge in [0.1, 0.15) is 11.5 Å². The van der Waals surface area contributed by atoms with Gasteiger partial charge in [-0.25, -0.2) is 0 Å². The minimum absolute atomic E-state index is 0.301. The molecule has 1 atom stereocenters. The van der Waals surface area contributed by atoms with Crippen LogP contribution < -0.4 is 15.2 Å². The van der Waals surface area contributed by atoms with E-state index in [0.717, 1.165) is 16.8 Å². The van der Waals surface area contributed by atoms with Gasteiger partial charge in [0.25, 0.3) is 0 Å². The summed E-state index contributed by atoms with van der Waals surface area (Å²) in [6.45, 7) is 1.95. The van der Waals surface area contributed by atoms with E-state index in [9.17, 15) is 0 Å². The van der Waals surface area contributed by atoms with Gasteiger partial charge in [-0.2, -0.15) is 0 Å². The highest BCUT2D eigenvalue weighted by Gasteiger charge is 2.24. The molecule has 0 saturated carbocycles. The summed E-state index contributed by atoms with van der Waals surface area (Å²) in [5, 5.41) is 0.896. The second kappa shape index (κ2) is 5.37. The number of rotatable bonds is 3. The van der Waals surface area contributed by atoms with Crippen molar-refractivity contribution in [2.75, 3.05) is 19.5 Å².